The topological polar surface area (TPSA) is 79.9 Å². The maximum atomic E-state index is 13.0. The minimum atomic E-state index is -0.614. The first-order chi connectivity index (χ1) is 16.1. The lowest BCUT2D eigenvalue weighted by atomic mass is 10.1. The van der Waals surface area contributed by atoms with Crippen molar-refractivity contribution in [2.75, 3.05) is 37.4 Å². The summed E-state index contributed by atoms with van der Waals surface area (Å²) in [6.45, 7) is 2.48. The normalized spacial score (nSPS) is 16.1. The number of benzene rings is 3. The Morgan fingerprint density at radius 3 is 2.61 bits per heavy atom. The van der Waals surface area contributed by atoms with Gasteiger partial charge in [0.05, 0.1) is 25.0 Å². The number of amides is 2. The Labute approximate surface area is 193 Å². The number of rotatable bonds is 7. The lowest BCUT2D eigenvalue weighted by molar-refractivity contribution is -0.133. The van der Waals surface area contributed by atoms with Crippen LogP contribution in [0.15, 0.2) is 78.9 Å². The Hall–Kier alpha value is -3.68. The van der Waals surface area contributed by atoms with E-state index in [1.54, 1.807) is 55.6 Å². The predicted octanol–water partition coefficient (Wildman–Crippen LogP) is 3.79. The Balaban J connectivity index is 1.41. The zero-order chi connectivity index (χ0) is 23.0. The zero-order valence-corrected chi connectivity index (χ0v) is 18.5. The fourth-order valence-electron chi connectivity index (χ4n) is 3.75. The van der Waals surface area contributed by atoms with E-state index in [9.17, 15) is 9.59 Å². The monoisotopic (exact) mass is 445 g/mol. The van der Waals surface area contributed by atoms with Crippen molar-refractivity contribution >= 4 is 23.2 Å². The van der Waals surface area contributed by atoms with Gasteiger partial charge in [-0.2, -0.15) is 0 Å². The first-order valence-corrected chi connectivity index (χ1v) is 10.9. The highest BCUT2D eigenvalue weighted by Gasteiger charge is 2.27. The summed E-state index contributed by atoms with van der Waals surface area (Å²) in [6, 6.07) is 24.2. The van der Waals surface area contributed by atoms with Crippen molar-refractivity contribution in [1.82, 2.24) is 4.90 Å². The smallest absolute Gasteiger partial charge is 0.257 e. The molecule has 0 unspecified atom stereocenters. The highest BCUT2D eigenvalue weighted by Crippen LogP contribution is 2.21. The van der Waals surface area contributed by atoms with Gasteiger partial charge in [0.1, 0.15) is 11.9 Å². The second kappa shape index (κ2) is 10.8. The molecule has 1 aliphatic rings. The molecule has 1 atom stereocenters. The summed E-state index contributed by atoms with van der Waals surface area (Å²) in [7, 11) is 1.57. The average molecular weight is 446 g/mol. The van der Waals surface area contributed by atoms with Gasteiger partial charge in [-0.3, -0.25) is 14.5 Å². The van der Waals surface area contributed by atoms with Crippen LogP contribution >= 0.6 is 0 Å². The van der Waals surface area contributed by atoms with Crippen molar-refractivity contribution in [2.24, 2.45) is 0 Å². The molecule has 170 valence electrons. The molecule has 1 aliphatic heterocycles. The van der Waals surface area contributed by atoms with Gasteiger partial charge < -0.3 is 20.1 Å². The summed E-state index contributed by atoms with van der Waals surface area (Å²) < 4.78 is 10.9. The van der Waals surface area contributed by atoms with E-state index in [1.807, 2.05) is 18.2 Å². The number of carbonyl (C=O) groups is 2. The molecule has 1 saturated heterocycles. The maximum Gasteiger partial charge on any atom is 0.257 e. The number of anilines is 2. The van der Waals surface area contributed by atoms with Gasteiger partial charge in [0.2, 0.25) is 0 Å². The molecule has 7 heteroatoms. The third-order valence-corrected chi connectivity index (χ3v) is 5.45. The van der Waals surface area contributed by atoms with Crippen molar-refractivity contribution in [1.29, 1.82) is 0 Å². The van der Waals surface area contributed by atoms with Crippen LogP contribution in [0.4, 0.5) is 11.4 Å². The molecule has 0 aromatic heterocycles. The van der Waals surface area contributed by atoms with Gasteiger partial charge in [-0.15, -0.1) is 0 Å². The number of hydrogen-bond acceptors (Lipinski definition) is 5. The molecule has 33 heavy (non-hydrogen) atoms. The van der Waals surface area contributed by atoms with Crippen LogP contribution in [0.1, 0.15) is 15.9 Å². The van der Waals surface area contributed by atoms with Crippen LogP contribution in [-0.2, 0) is 16.1 Å². The fourth-order valence-corrected chi connectivity index (χ4v) is 3.75. The third-order valence-electron chi connectivity index (χ3n) is 5.45. The Morgan fingerprint density at radius 2 is 1.79 bits per heavy atom. The number of methoxy groups -OCH3 is 1. The molecule has 2 N–H and O–H groups in total. The molecule has 1 heterocycles. The van der Waals surface area contributed by atoms with E-state index in [-0.39, 0.29) is 11.8 Å². The molecule has 3 aromatic rings. The van der Waals surface area contributed by atoms with E-state index in [0.717, 1.165) is 13.1 Å². The molecule has 2 amide bonds. The van der Waals surface area contributed by atoms with E-state index >= 15 is 0 Å². The Kier molecular flexibility index (Phi) is 7.34. The van der Waals surface area contributed by atoms with Crippen molar-refractivity contribution in [3.8, 4) is 5.75 Å². The van der Waals surface area contributed by atoms with Crippen LogP contribution in [0, 0.1) is 0 Å². The van der Waals surface area contributed by atoms with E-state index < -0.39 is 6.10 Å². The lowest BCUT2D eigenvalue weighted by Gasteiger charge is -2.32. The van der Waals surface area contributed by atoms with Crippen LogP contribution in [-0.4, -0.2) is 49.6 Å². The SMILES string of the molecule is COc1cccc(NC(=O)c2ccccc2NC(=O)[C@@H]2CN(Cc3ccccc3)CCO2)c1. The van der Waals surface area contributed by atoms with Gasteiger partial charge in [-0.05, 0) is 29.8 Å². The molecule has 0 aliphatic carbocycles. The number of nitrogens with one attached hydrogen (secondary N) is 2. The minimum Gasteiger partial charge on any atom is -0.497 e. The van der Waals surface area contributed by atoms with E-state index in [4.69, 9.17) is 9.47 Å². The van der Waals surface area contributed by atoms with Crippen LogP contribution < -0.4 is 15.4 Å². The molecular formula is C26H27N3O4. The molecule has 0 bridgehead atoms. The molecule has 0 saturated carbocycles. The van der Waals surface area contributed by atoms with Gasteiger partial charge in [0.15, 0.2) is 0 Å². The van der Waals surface area contributed by atoms with Gasteiger partial charge >= 0.3 is 0 Å². The number of carbonyl (C=O) groups excluding carboxylic acids is 2. The number of hydrogen-bond donors (Lipinski definition) is 2. The third kappa shape index (κ3) is 5.97. The van der Waals surface area contributed by atoms with Gasteiger partial charge in [-0.25, -0.2) is 0 Å². The molecular weight excluding hydrogens is 418 g/mol. The standard InChI is InChI=1S/C26H27N3O4/c1-32-21-11-7-10-20(16-21)27-25(30)22-12-5-6-13-23(22)28-26(31)24-18-29(14-15-33-24)17-19-8-3-2-4-9-19/h2-13,16,24H,14-15,17-18H2,1H3,(H,27,30)(H,28,31)/t24-/m0/s1. The molecule has 3 aromatic carbocycles. The second-order valence-corrected chi connectivity index (χ2v) is 7.80. The van der Waals surface area contributed by atoms with Gasteiger partial charge in [-0.1, -0.05) is 48.5 Å². The van der Waals surface area contributed by atoms with E-state index in [0.29, 0.717) is 35.8 Å². The molecule has 7 nitrogen and oxygen atoms in total. The number of para-hydroxylation sites is 1. The lowest BCUT2D eigenvalue weighted by Crippen LogP contribution is -2.47. The van der Waals surface area contributed by atoms with E-state index in [2.05, 4.69) is 27.7 Å². The number of morpholine rings is 1. The number of nitrogens with zero attached hydrogens (tertiary/aromatic N) is 1. The number of ether oxygens (including phenoxy) is 2. The van der Waals surface area contributed by atoms with Crippen LogP contribution in [0.3, 0.4) is 0 Å². The first kappa shape index (κ1) is 22.5. The highest BCUT2D eigenvalue weighted by molar-refractivity contribution is 6.10. The highest BCUT2D eigenvalue weighted by atomic mass is 16.5. The van der Waals surface area contributed by atoms with Crippen molar-refractivity contribution in [2.45, 2.75) is 12.6 Å². The average Bonchev–Trinajstić information content (AvgIpc) is 2.85. The summed E-state index contributed by atoms with van der Waals surface area (Å²) in [5.41, 5.74) is 2.60. The van der Waals surface area contributed by atoms with Crippen LogP contribution in [0.2, 0.25) is 0 Å². The van der Waals surface area contributed by atoms with E-state index in [1.165, 1.54) is 5.56 Å². The van der Waals surface area contributed by atoms with Gasteiger partial charge in [0.25, 0.3) is 11.8 Å². The molecule has 4 rings (SSSR count). The molecule has 0 spiro atoms. The maximum absolute atomic E-state index is 13.0. The van der Waals surface area contributed by atoms with Gasteiger partial charge in [0, 0.05) is 31.4 Å². The van der Waals surface area contributed by atoms with Crippen molar-refractivity contribution < 1.29 is 19.1 Å². The summed E-state index contributed by atoms with van der Waals surface area (Å²) in [6.07, 6.45) is -0.614. The summed E-state index contributed by atoms with van der Waals surface area (Å²) in [4.78, 5) is 28.1. The van der Waals surface area contributed by atoms with Crippen molar-refractivity contribution in [3.05, 3.63) is 90.0 Å². The zero-order valence-electron chi connectivity index (χ0n) is 18.5. The Morgan fingerprint density at radius 1 is 1.00 bits per heavy atom. The predicted molar refractivity (Wildman–Crippen MR) is 127 cm³/mol. The summed E-state index contributed by atoms with van der Waals surface area (Å²) in [5, 5.41) is 5.73. The molecule has 0 radical (unpaired) electrons. The van der Waals surface area contributed by atoms with Crippen molar-refractivity contribution in [3.63, 3.8) is 0 Å². The first-order valence-electron chi connectivity index (χ1n) is 10.9. The fraction of sp³-hybridized carbons (Fsp3) is 0.231. The van der Waals surface area contributed by atoms with Crippen LogP contribution in [0.25, 0.3) is 0 Å². The second-order valence-electron chi connectivity index (χ2n) is 7.80. The Bertz CT molecular complexity index is 1100. The largest absolute Gasteiger partial charge is 0.497 e. The quantitative estimate of drug-likeness (QED) is 0.579. The van der Waals surface area contributed by atoms with Crippen LogP contribution in [0.5, 0.6) is 5.75 Å². The summed E-state index contributed by atoms with van der Waals surface area (Å²) in [5.74, 6) is 0.0488. The minimum absolute atomic E-state index is 0.269. The summed E-state index contributed by atoms with van der Waals surface area (Å²) >= 11 is 0. The molecule has 1 fully saturated rings.